The summed E-state index contributed by atoms with van der Waals surface area (Å²) in [6.07, 6.45) is 0. The van der Waals surface area contributed by atoms with Crippen molar-refractivity contribution in [2.75, 3.05) is 6.61 Å². The highest BCUT2D eigenvalue weighted by molar-refractivity contribution is 7.80. The van der Waals surface area contributed by atoms with E-state index in [0.717, 1.165) is 5.56 Å². The van der Waals surface area contributed by atoms with Crippen LogP contribution in [0.15, 0.2) is 17.0 Å². The van der Waals surface area contributed by atoms with Crippen LogP contribution in [0.2, 0.25) is 0 Å². The number of nitrogens with zero attached hydrogens (tertiary/aromatic N) is 1. The van der Waals surface area contributed by atoms with E-state index in [1.54, 1.807) is 13.0 Å². The Morgan fingerprint density at radius 1 is 1.62 bits per heavy atom. The third-order valence-corrected chi connectivity index (χ3v) is 2.81. The summed E-state index contributed by atoms with van der Waals surface area (Å²) < 4.78 is 4.84. The summed E-state index contributed by atoms with van der Waals surface area (Å²) in [7, 11) is 0. The van der Waals surface area contributed by atoms with Crippen molar-refractivity contribution in [2.24, 2.45) is 0 Å². The number of halogens is 1. The lowest BCUT2D eigenvalue weighted by Crippen LogP contribution is -2.08. The summed E-state index contributed by atoms with van der Waals surface area (Å²) in [5, 5.41) is 8.99. The van der Waals surface area contributed by atoms with Crippen LogP contribution < -0.4 is 0 Å². The second-order valence-electron chi connectivity index (χ2n) is 2.96. The molecule has 0 unspecified atom stereocenters. The van der Waals surface area contributed by atoms with Crippen molar-refractivity contribution < 1.29 is 9.53 Å². The zero-order valence-electron chi connectivity index (χ0n) is 8.66. The number of rotatable bonds is 3. The van der Waals surface area contributed by atoms with E-state index in [-0.39, 0.29) is 23.6 Å². The minimum Gasteiger partial charge on any atom is -0.462 e. The molecule has 0 aliphatic rings. The Labute approximate surface area is 104 Å². The van der Waals surface area contributed by atoms with Crippen molar-refractivity contribution in [3.63, 3.8) is 0 Å². The molecule has 5 heteroatoms. The van der Waals surface area contributed by atoms with Crippen LogP contribution in [0.25, 0.3) is 0 Å². The number of ether oxygens (including phenoxy) is 1. The zero-order valence-corrected chi connectivity index (χ0v) is 10.3. The first kappa shape index (κ1) is 12.9. The first-order valence-corrected chi connectivity index (χ1v) is 5.61. The molecule has 0 bridgehead atoms. The van der Waals surface area contributed by atoms with Crippen LogP contribution in [0.5, 0.6) is 0 Å². The quantitative estimate of drug-likeness (QED) is 0.513. The second kappa shape index (κ2) is 5.78. The van der Waals surface area contributed by atoms with E-state index in [1.165, 1.54) is 6.07 Å². The van der Waals surface area contributed by atoms with Crippen molar-refractivity contribution in [3.8, 4) is 6.07 Å². The normalized spacial score (nSPS) is 9.62. The Morgan fingerprint density at radius 2 is 2.31 bits per heavy atom. The van der Waals surface area contributed by atoms with Crippen LogP contribution in [0.4, 0.5) is 0 Å². The maximum Gasteiger partial charge on any atom is 0.339 e. The Balaban J connectivity index is 3.27. The van der Waals surface area contributed by atoms with E-state index in [2.05, 4.69) is 12.6 Å². The summed E-state index contributed by atoms with van der Waals surface area (Å²) in [4.78, 5) is 12.0. The van der Waals surface area contributed by atoms with Crippen LogP contribution in [-0.2, 0) is 10.6 Å². The van der Waals surface area contributed by atoms with Gasteiger partial charge in [-0.2, -0.15) is 5.26 Å². The van der Waals surface area contributed by atoms with Gasteiger partial charge in [0.15, 0.2) is 0 Å². The lowest BCUT2D eigenvalue weighted by molar-refractivity contribution is 0.0525. The van der Waals surface area contributed by atoms with Gasteiger partial charge in [-0.15, -0.1) is 24.2 Å². The highest BCUT2D eigenvalue weighted by atomic mass is 35.5. The molecule has 1 aromatic carbocycles. The predicted molar refractivity (Wildman–Crippen MR) is 63.9 cm³/mol. The molecule has 0 saturated heterocycles. The Kier molecular flexibility index (Phi) is 4.66. The van der Waals surface area contributed by atoms with Crippen molar-refractivity contribution in [1.29, 1.82) is 5.26 Å². The van der Waals surface area contributed by atoms with Crippen molar-refractivity contribution in [3.05, 3.63) is 28.8 Å². The van der Waals surface area contributed by atoms with Crippen LogP contribution >= 0.6 is 24.2 Å². The monoisotopic (exact) mass is 255 g/mol. The molecule has 0 amide bonds. The summed E-state index contributed by atoms with van der Waals surface area (Å²) >= 11 is 9.87. The maximum atomic E-state index is 11.5. The maximum absolute atomic E-state index is 11.5. The standard InChI is InChI=1S/C11H10ClNO2S/c1-2-15-11(14)8-4-3-7(5-12)10(16)9(8)6-13/h3-4,16H,2,5H2,1H3. The summed E-state index contributed by atoms with van der Waals surface area (Å²) in [5.41, 5.74) is 1.15. The summed E-state index contributed by atoms with van der Waals surface area (Å²) in [6, 6.07) is 5.15. The van der Waals surface area contributed by atoms with Crippen molar-refractivity contribution >= 4 is 30.2 Å². The van der Waals surface area contributed by atoms with Crippen LogP contribution in [0.1, 0.15) is 28.4 Å². The lowest BCUT2D eigenvalue weighted by Gasteiger charge is -2.08. The average Bonchev–Trinajstić information content (AvgIpc) is 2.28. The van der Waals surface area contributed by atoms with Crippen molar-refractivity contribution in [2.45, 2.75) is 17.7 Å². The minimum absolute atomic E-state index is 0.208. The molecule has 0 aliphatic carbocycles. The Hall–Kier alpha value is -1.18. The predicted octanol–water partition coefficient (Wildman–Crippen LogP) is 2.76. The zero-order chi connectivity index (χ0) is 12.1. The van der Waals surface area contributed by atoms with E-state index in [4.69, 9.17) is 21.6 Å². The van der Waals surface area contributed by atoms with Gasteiger partial charge in [-0.25, -0.2) is 4.79 Å². The molecule has 3 nitrogen and oxygen atoms in total. The molecule has 1 rings (SSSR count). The Bertz CT molecular complexity index is 454. The number of carbonyl (C=O) groups excluding carboxylic acids is 1. The van der Waals surface area contributed by atoms with E-state index >= 15 is 0 Å². The van der Waals surface area contributed by atoms with E-state index < -0.39 is 5.97 Å². The molecule has 84 valence electrons. The molecule has 0 saturated carbocycles. The molecule has 0 atom stereocenters. The fraction of sp³-hybridized carbons (Fsp3) is 0.273. The number of carbonyl (C=O) groups is 1. The van der Waals surface area contributed by atoms with Gasteiger partial charge in [-0.1, -0.05) is 6.07 Å². The van der Waals surface area contributed by atoms with Gasteiger partial charge in [-0.05, 0) is 18.6 Å². The molecule has 0 heterocycles. The molecule has 0 fully saturated rings. The number of hydrogen-bond donors (Lipinski definition) is 1. The van der Waals surface area contributed by atoms with Crippen LogP contribution in [0.3, 0.4) is 0 Å². The van der Waals surface area contributed by atoms with Gasteiger partial charge in [0.2, 0.25) is 0 Å². The minimum atomic E-state index is -0.518. The lowest BCUT2D eigenvalue weighted by atomic mass is 10.1. The molecule has 0 aromatic heterocycles. The Morgan fingerprint density at radius 3 is 2.81 bits per heavy atom. The topological polar surface area (TPSA) is 50.1 Å². The number of nitriles is 1. The van der Waals surface area contributed by atoms with Crippen molar-refractivity contribution in [1.82, 2.24) is 0 Å². The third kappa shape index (κ3) is 2.49. The number of benzene rings is 1. The van der Waals surface area contributed by atoms with E-state index in [1.807, 2.05) is 6.07 Å². The molecular formula is C11H10ClNO2S. The summed E-state index contributed by atoms with van der Waals surface area (Å²) in [6.45, 7) is 1.97. The highest BCUT2D eigenvalue weighted by Crippen LogP contribution is 2.24. The number of esters is 1. The van der Waals surface area contributed by atoms with E-state index in [0.29, 0.717) is 4.90 Å². The second-order valence-corrected chi connectivity index (χ2v) is 3.68. The van der Waals surface area contributed by atoms with Gasteiger partial charge >= 0.3 is 5.97 Å². The molecule has 1 aromatic rings. The molecular weight excluding hydrogens is 246 g/mol. The molecule has 0 spiro atoms. The summed E-state index contributed by atoms with van der Waals surface area (Å²) in [5.74, 6) is -0.271. The first-order chi connectivity index (χ1) is 7.65. The van der Waals surface area contributed by atoms with Gasteiger partial charge in [0, 0.05) is 10.8 Å². The molecule has 0 N–H and O–H groups in total. The van der Waals surface area contributed by atoms with Gasteiger partial charge in [0.1, 0.15) is 6.07 Å². The van der Waals surface area contributed by atoms with Gasteiger partial charge in [0.05, 0.1) is 17.7 Å². The molecule has 0 aliphatic heterocycles. The van der Waals surface area contributed by atoms with Gasteiger partial charge < -0.3 is 4.74 Å². The van der Waals surface area contributed by atoms with E-state index in [9.17, 15) is 4.79 Å². The first-order valence-electron chi connectivity index (χ1n) is 4.63. The molecule has 16 heavy (non-hydrogen) atoms. The van der Waals surface area contributed by atoms with Gasteiger partial charge in [-0.3, -0.25) is 0 Å². The average molecular weight is 256 g/mol. The fourth-order valence-electron chi connectivity index (χ4n) is 1.23. The SMILES string of the molecule is CCOC(=O)c1ccc(CCl)c(S)c1C#N. The smallest absolute Gasteiger partial charge is 0.339 e. The third-order valence-electron chi connectivity index (χ3n) is 2.01. The molecule has 0 radical (unpaired) electrons. The number of hydrogen-bond acceptors (Lipinski definition) is 4. The fourth-order valence-corrected chi connectivity index (χ4v) is 1.87. The number of thiol groups is 1. The van der Waals surface area contributed by atoms with Crippen LogP contribution in [0, 0.1) is 11.3 Å². The highest BCUT2D eigenvalue weighted by Gasteiger charge is 2.16. The largest absolute Gasteiger partial charge is 0.462 e. The van der Waals surface area contributed by atoms with Gasteiger partial charge in [0.25, 0.3) is 0 Å². The number of alkyl halides is 1. The van der Waals surface area contributed by atoms with Crippen LogP contribution in [-0.4, -0.2) is 12.6 Å².